The first-order valence-corrected chi connectivity index (χ1v) is 14.3. The number of hydrogen-bond acceptors (Lipinski definition) is 4. The molecule has 0 saturated carbocycles. The highest BCUT2D eigenvalue weighted by atomic mass is 16.1. The number of aliphatic imine (C=N–C) groups is 3. The molecule has 208 valence electrons. The minimum Gasteiger partial charge on any atom is -0.289 e. The lowest BCUT2D eigenvalue weighted by molar-refractivity contribution is 0.101. The van der Waals surface area contributed by atoms with Crippen LogP contribution in [0.4, 0.5) is 11.4 Å². The molecule has 0 N–H and O–H groups in total. The molecule has 1 aliphatic rings. The number of dihydropyridines is 1. The second-order valence-electron chi connectivity index (χ2n) is 10.3. The summed E-state index contributed by atoms with van der Waals surface area (Å²) < 4.78 is 0. The van der Waals surface area contributed by atoms with Crippen LogP contribution < -0.4 is 0 Å². The van der Waals surface area contributed by atoms with Crippen LogP contribution >= 0.6 is 0 Å². The number of rotatable bonds is 6. The average Bonchev–Trinajstić information content (AvgIpc) is 3.09. The third-order valence-electron chi connectivity index (χ3n) is 7.57. The molecule has 7 rings (SSSR count). The Balaban J connectivity index is 1.52. The van der Waals surface area contributed by atoms with E-state index in [-0.39, 0.29) is 34.3 Å². The number of allylic oxidation sites excluding steroid dienone is 1. The topological polar surface area (TPSA) is 71.2 Å². The van der Waals surface area contributed by atoms with Gasteiger partial charge in [0.15, 0.2) is 17.4 Å². The Bertz CT molecular complexity index is 2180. The fourth-order valence-corrected chi connectivity index (χ4v) is 5.41. The van der Waals surface area contributed by atoms with E-state index in [9.17, 15) is 9.59 Å². The van der Waals surface area contributed by atoms with E-state index in [1.165, 1.54) is 6.21 Å². The fourth-order valence-electron chi connectivity index (χ4n) is 5.41. The van der Waals surface area contributed by atoms with Crippen LogP contribution in [-0.2, 0) is 0 Å². The number of hydrogen-bond donors (Lipinski definition) is 0. The quantitative estimate of drug-likeness (QED) is 0.189. The van der Waals surface area contributed by atoms with E-state index in [4.69, 9.17) is 15.0 Å². The van der Waals surface area contributed by atoms with Crippen LogP contribution in [0, 0.1) is 0 Å². The van der Waals surface area contributed by atoms with Crippen molar-refractivity contribution in [2.24, 2.45) is 15.0 Å². The van der Waals surface area contributed by atoms with Gasteiger partial charge in [0, 0.05) is 28.1 Å². The van der Waals surface area contributed by atoms with Crippen molar-refractivity contribution in [3.8, 4) is 0 Å². The Hall–Kier alpha value is -6.07. The average molecular weight is 568 g/mol. The number of carbonyl (C=O) groups is 2. The summed E-state index contributed by atoms with van der Waals surface area (Å²) in [5.41, 5.74) is 2.78. The zero-order chi connectivity index (χ0) is 29.9. The van der Waals surface area contributed by atoms with Crippen LogP contribution in [0.5, 0.6) is 0 Å². The van der Waals surface area contributed by atoms with E-state index in [2.05, 4.69) is 0 Å². The first-order valence-electron chi connectivity index (χ1n) is 14.3. The first-order chi connectivity index (χ1) is 21.7. The van der Waals surface area contributed by atoms with Crippen LogP contribution in [0.25, 0.3) is 21.5 Å². The van der Waals surface area contributed by atoms with Crippen molar-refractivity contribution in [2.75, 3.05) is 0 Å². The number of ketones is 2. The van der Waals surface area contributed by atoms with Gasteiger partial charge in [0.25, 0.3) is 0 Å². The molecule has 6 aromatic rings. The summed E-state index contributed by atoms with van der Waals surface area (Å²) in [5.74, 6) is -0.401. The van der Waals surface area contributed by atoms with E-state index >= 15 is 0 Å². The minimum absolute atomic E-state index is 0.159. The molecule has 0 saturated heterocycles. The molecule has 0 amide bonds. The van der Waals surface area contributed by atoms with Crippen molar-refractivity contribution in [3.05, 3.63) is 168 Å². The van der Waals surface area contributed by atoms with Gasteiger partial charge >= 0.3 is 0 Å². The molecular formula is C39H25N3O2. The molecule has 0 atom stereocenters. The number of Topliss-reactive ketones (excluding diaryl/α,β-unsaturated/α-hetero) is 2. The molecule has 0 fully saturated rings. The molecular weight excluding hydrogens is 542 g/mol. The summed E-state index contributed by atoms with van der Waals surface area (Å²) in [6.45, 7) is 0. The van der Waals surface area contributed by atoms with Gasteiger partial charge in [-0.15, -0.1) is 0 Å². The number of nitrogens with zero attached hydrogens (tertiary/aromatic N) is 3. The summed E-state index contributed by atoms with van der Waals surface area (Å²) in [7, 11) is 0. The molecule has 0 radical (unpaired) electrons. The molecule has 0 aromatic heterocycles. The number of benzene rings is 6. The zero-order valence-electron chi connectivity index (χ0n) is 23.6. The molecule has 5 nitrogen and oxygen atoms in total. The van der Waals surface area contributed by atoms with Gasteiger partial charge in [0.1, 0.15) is 5.71 Å². The highest BCUT2D eigenvalue weighted by Crippen LogP contribution is 2.31. The molecule has 44 heavy (non-hydrogen) atoms. The van der Waals surface area contributed by atoms with Gasteiger partial charge in [-0.2, -0.15) is 0 Å². The summed E-state index contributed by atoms with van der Waals surface area (Å²) in [6.07, 6.45) is 1.46. The van der Waals surface area contributed by atoms with Gasteiger partial charge in [-0.25, -0.2) is 15.0 Å². The lowest BCUT2D eigenvalue weighted by Gasteiger charge is -2.19. The Morgan fingerprint density at radius 3 is 1.55 bits per heavy atom. The highest BCUT2D eigenvalue weighted by molar-refractivity contribution is 6.60. The molecule has 5 heteroatoms. The van der Waals surface area contributed by atoms with Crippen LogP contribution in [0.15, 0.2) is 172 Å². The largest absolute Gasteiger partial charge is 0.289 e. The third-order valence-corrected chi connectivity index (χ3v) is 7.57. The first kappa shape index (κ1) is 26.8. The Morgan fingerprint density at radius 1 is 0.477 bits per heavy atom. The molecule has 0 spiro atoms. The maximum atomic E-state index is 14.4. The Labute approximate surface area is 254 Å². The predicted molar refractivity (Wildman–Crippen MR) is 179 cm³/mol. The molecule has 1 aliphatic heterocycles. The monoisotopic (exact) mass is 567 g/mol. The van der Waals surface area contributed by atoms with E-state index < -0.39 is 0 Å². The van der Waals surface area contributed by atoms with Crippen molar-refractivity contribution in [3.63, 3.8) is 0 Å². The Morgan fingerprint density at radius 2 is 0.955 bits per heavy atom. The van der Waals surface area contributed by atoms with Crippen molar-refractivity contribution in [2.45, 2.75) is 0 Å². The lowest BCUT2D eigenvalue weighted by Crippen LogP contribution is -2.29. The highest BCUT2D eigenvalue weighted by Gasteiger charge is 2.32. The third kappa shape index (κ3) is 5.08. The van der Waals surface area contributed by atoms with Gasteiger partial charge in [0.2, 0.25) is 0 Å². The van der Waals surface area contributed by atoms with Crippen LogP contribution in [0.2, 0.25) is 0 Å². The van der Waals surface area contributed by atoms with Crippen molar-refractivity contribution in [1.29, 1.82) is 0 Å². The SMILES string of the molecule is O=C(C1=C(C(=O)c2ccccc2)C(=Nc2cccc3ccccc23)C(=Nc2cccc3ccccc23)N=C1)c1ccccc1. The minimum atomic E-state index is -0.333. The molecule has 0 aliphatic carbocycles. The normalized spacial score (nSPS) is 14.9. The second-order valence-corrected chi connectivity index (χ2v) is 10.3. The second kappa shape index (κ2) is 11.7. The number of carbonyl (C=O) groups excluding carboxylic acids is 2. The van der Waals surface area contributed by atoms with Gasteiger partial charge < -0.3 is 0 Å². The summed E-state index contributed by atoms with van der Waals surface area (Å²) in [6, 6.07) is 45.4. The van der Waals surface area contributed by atoms with Crippen LogP contribution in [-0.4, -0.2) is 29.3 Å². The van der Waals surface area contributed by atoms with Crippen LogP contribution in [0.1, 0.15) is 20.7 Å². The van der Waals surface area contributed by atoms with Crippen molar-refractivity contribution >= 4 is 62.2 Å². The summed E-state index contributed by atoms with van der Waals surface area (Å²) in [5, 5.41) is 3.87. The zero-order valence-corrected chi connectivity index (χ0v) is 23.6. The van der Waals surface area contributed by atoms with Gasteiger partial charge in [-0.3, -0.25) is 9.59 Å². The predicted octanol–water partition coefficient (Wildman–Crippen LogP) is 8.94. The summed E-state index contributed by atoms with van der Waals surface area (Å²) in [4.78, 5) is 43.2. The fraction of sp³-hybridized carbons (Fsp3) is 0. The summed E-state index contributed by atoms with van der Waals surface area (Å²) >= 11 is 0. The maximum absolute atomic E-state index is 14.4. The van der Waals surface area contributed by atoms with E-state index in [1.54, 1.807) is 48.5 Å². The smallest absolute Gasteiger partial charge is 0.196 e. The standard InChI is InChI=1S/C39H25N3O2/c43-37(28-15-3-1-4-16-28)32-25-40-39(42-34-24-12-20-27-14-8-10-22-31(27)34)36(35(32)38(44)29-17-5-2-6-18-29)41-33-23-11-19-26-13-7-9-21-30(26)33/h1-25H. The molecule has 6 aromatic carbocycles. The van der Waals surface area contributed by atoms with E-state index in [0.29, 0.717) is 22.5 Å². The van der Waals surface area contributed by atoms with Gasteiger partial charge in [-0.1, -0.05) is 133 Å². The van der Waals surface area contributed by atoms with Crippen molar-refractivity contribution < 1.29 is 9.59 Å². The number of fused-ring (bicyclic) bond motifs is 2. The Kier molecular flexibility index (Phi) is 7.11. The van der Waals surface area contributed by atoms with Crippen LogP contribution in [0.3, 0.4) is 0 Å². The number of amidine groups is 1. The van der Waals surface area contributed by atoms with Gasteiger partial charge in [0.05, 0.1) is 22.5 Å². The van der Waals surface area contributed by atoms with E-state index in [1.807, 2.05) is 97.1 Å². The molecule has 1 heterocycles. The molecule has 0 bridgehead atoms. The molecule has 0 unspecified atom stereocenters. The lowest BCUT2D eigenvalue weighted by atomic mass is 9.88. The van der Waals surface area contributed by atoms with Gasteiger partial charge in [-0.05, 0) is 22.9 Å². The van der Waals surface area contributed by atoms with Crippen molar-refractivity contribution in [1.82, 2.24) is 0 Å². The van der Waals surface area contributed by atoms with E-state index in [0.717, 1.165) is 21.5 Å². The maximum Gasteiger partial charge on any atom is 0.196 e.